The van der Waals surface area contributed by atoms with Gasteiger partial charge in [-0.25, -0.2) is 4.39 Å². The van der Waals surface area contributed by atoms with Gasteiger partial charge < -0.3 is 9.64 Å². The van der Waals surface area contributed by atoms with Crippen molar-refractivity contribution in [2.45, 2.75) is 50.9 Å². The van der Waals surface area contributed by atoms with Gasteiger partial charge in [-0.15, -0.1) is 0 Å². The highest BCUT2D eigenvalue weighted by Crippen LogP contribution is 2.41. The molecule has 4 rings (SSSR count). The molecule has 0 N–H and O–H groups in total. The molecule has 2 aromatic rings. The second-order valence-corrected chi connectivity index (χ2v) is 8.65. The Morgan fingerprint density at radius 3 is 2.59 bits per heavy atom. The molecule has 0 spiro atoms. The smallest absolute Gasteiger partial charge is 0.241 e. The van der Waals surface area contributed by atoms with Crippen LogP contribution in [-0.4, -0.2) is 57.8 Å². The molecule has 3 atom stereocenters. The lowest BCUT2D eigenvalue weighted by Crippen LogP contribution is -2.50. The van der Waals surface area contributed by atoms with E-state index in [1.807, 2.05) is 13.8 Å². The Morgan fingerprint density at radius 1 is 1.19 bits per heavy atom. The standard InChI is InChI=1S/C24H26FN3O4/c1-16-13-27(14-17(2)32-16)21(29)10-24(19-6-3-7-20(25)9-19)11-22(30)28(23(24)31)15-18-5-4-8-26-12-18/h3-9,12,16-17H,10-11,13-15H2,1-2H3/t16-,17+,24-/m0/s1. The van der Waals surface area contributed by atoms with Crippen LogP contribution >= 0.6 is 0 Å². The van der Waals surface area contributed by atoms with Crippen LogP contribution in [0.5, 0.6) is 0 Å². The molecule has 1 aromatic heterocycles. The molecule has 0 radical (unpaired) electrons. The Kier molecular flexibility index (Phi) is 6.06. The third-order valence-electron chi connectivity index (χ3n) is 6.07. The molecular weight excluding hydrogens is 413 g/mol. The zero-order chi connectivity index (χ0) is 22.9. The van der Waals surface area contributed by atoms with Crippen LogP contribution in [0, 0.1) is 5.82 Å². The van der Waals surface area contributed by atoms with Gasteiger partial charge in [0.15, 0.2) is 0 Å². The minimum Gasteiger partial charge on any atom is -0.372 e. The second kappa shape index (κ2) is 8.78. The first-order valence-electron chi connectivity index (χ1n) is 10.7. The van der Waals surface area contributed by atoms with Crippen molar-refractivity contribution in [3.8, 4) is 0 Å². The van der Waals surface area contributed by atoms with E-state index in [1.165, 1.54) is 18.2 Å². The molecular formula is C24H26FN3O4. The van der Waals surface area contributed by atoms with Gasteiger partial charge in [0, 0.05) is 38.3 Å². The van der Waals surface area contributed by atoms with Crippen LogP contribution in [0.2, 0.25) is 0 Å². The zero-order valence-corrected chi connectivity index (χ0v) is 18.2. The predicted molar refractivity (Wildman–Crippen MR) is 114 cm³/mol. The van der Waals surface area contributed by atoms with Gasteiger partial charge in [-0.1, -0.05) is 18.2 Å². The van der Waals surface area contributed by atoms with Crippen LogP contribution in [-0.2, 0) is 31.1 Å². The number of nitrogens with zero attached hydrogens (tertiary/aromatic N) is 3. The number of benzene rings is 1. The number of morpholine rings is 1. The average molecular weight is 439 g/mol. The quantitative estimate of drug-likeness (QED) is 0.669. The number of likely N-dealkylation sites (tertiary alicyclic amines) is 1. The van der Waals surface area contributed by atoms with Gasteiger partial charge in [-0.05, 0) is 43.2 Å². The average Bonchev–Trinajstić information content (AvgIpc) is 2.99. The highest BCUT2D eigenvalue weighted by Gasteiger charge is 2.54. The number of ether oxygens (including phenoxy) is 1. The molecule has 3 amide bonds. The number of hydrogen-bond acceptors (Lipinski definition) is 5. The molecule has 2 fully saturated rings. The maximum absolute atomic E-state index is 14.1. The normalized spacial score (nSPS) is 26.0. The topological polar surface area (TPSA) is 79.8 Å². The van der Waals surface area contributed by atoms with E-state index in [-0.39, 0.29) is 43.4 Å². The van der Waals surface area contributed by atoms with E-state index in [4.69, 9.17) is 4.74 Å². The maximum atomic E-state index is 14.1. The van der Waals surface area contributed by atoms with Crippen LogP contribution in [0.15, 0.2) is 48.8 Å². The van der Waals surface area contributed by atoms with Crippen LogP contribution < -0.4 is 0 Å². The number of imide groups is 1. The first-order valence-corrected chi connectivity index (χ1v) is 10.7. The summed E-state index contributed by atoms with van der Waals surface area (Å²) >= 11 is 0. The van der Waals surface area contributed by atoms with E-state index in [0.29, 0.717) is 24.2 Å². The lowest BCUT2D eigenvalue weighted by atomic mass is 9.75. The van der Waals surface area contributed by atoms with Crippen LogP contribution in [0.4, 0.5) is 4.39 Å². The molecule has 2 saturated heterocycles. The van der Waals surface area contributed by atoms with Crippen molar-refractivity contribution >= 4 is 17.7 Å². The number of carbonyl (C=O) groups is 3. The van der Waals surface area contributed by atoms with Gasteiger partial charge in [-0.3, -0.25) is 24.3 Å². The highest BCUT2D eigenvalue weighted by atomic mass is 19.1. The van der Waals surface area contributed by atoms with Gasteiger partial charge in [0.05, 0.1) is 24.2 Å². The number of halogens is 1. The van der Waals surface area contributed by atoms with Crippen molar-refractivity contribution < 1.29 is 23.5 Å². The fourth-order valence-electron chi connectivity index (χ4n) is 4.64. The van der Waals surface area contributed by atoms with Gasteiger partial charge in [-0.2, -0.15) is 0 Å². The molecule has 2 aliphatic rings. The van der Waals surface area contributed by atoms with Crippen LogP contribution in [0.25, 0.3) is 0 Å². The van der Waals surface area contributed by atoms with Crippen molar-refractivity contribution in [3.05, 3.63) is 65.7 Å². The zero-order valence-electron chi connectivity index (χ0n) is 18.2. The number of rotatable bonds is 5. The minimum atomic E-state index is -1.44. The molecule has 168 valence electrons. The fourth-order valence-corrected chi connectivity index (χ4v) is 4.64. The molecule has 7 nitrogen and oxygen atoms in total. The van der Waals surface area contributed by atoms with Gasteiger partial charge in [0.25, 0.3) is 0 Å². The van der Waals surface area contributed by atoms with Crippen molar-refractivity contribution in [3.63, 3.8) is 0 Å². The van der Waals surface area contributed by atoms with Crippen LogP contribution in [0.3, 0.4) is 0 Å². The van der Waals surface area contributed by atoms with E-state index in [1.54, 1.807) is 35.5 Å². The lowest BCUT2D eigenvalue weighted by Gasteiger charge is -2.37. The number of hydrogen-bond donors (Lipinski definition) is 0. The summed E-state index contributed by atoms with van der Waals surface area (Å²) in [6.07, 6.45) is 2.55. The van der Waals surface area contributed by atoms with E-state index < -0.39 is 17.1 Å². The number of aromatic nitrogens is 1. The summed E-state index contributed by atoms with van der Waals surface area (Å²) in [6, 6.07) is 9.13. The molecule has 3 heterocycles. The molecule has 0 bridgehead atoms. The summed E-state index contributed by atoms with van der Waals surface area (Å²) in [7, 11) is 0. The van der Waals surface area contributed by atoms with E-state index >= 15 is 0 Å². The molecule has 1 aromatic carbocycles. The molecule has 0 saturated carbocycles. The third kappa shape index (κ3) is 4.27. The molecule has 0 unspecified atom stereocenters. The Bertz CT molecular complexity index is 1020. The Hall–Kier alpha value is -3.13. The van der Waals surface area contributed by atoms with Crippen molar-refractivity contribution in [1.29, 1.82) is 0 Å². The summed E-state index contributed by atoms with van der Waals surface area (Å²) in [5.74, 6) is -1.64. The molecule has 0 aliphatic carbocycles. The van der Waals surface area contributed by atoms with Gasteiger partial charge in [0.1, 0.15) is 5.82 Å². The van der Waals surface area contributed by atoms with Crippen molar-refractivity contribution in [2.75, 3.05) is 13.1 Å². The van der Waals surface area contributed by atoms with E-state index in [9.17, 15) is 18.8 Å². The summed E-state index contributed by atoms with van der Waals surface area (Å²) in [5.41, 5.74) is -0.401. The van der Waals surface area contributed by atoms with Crippen molar-refractivity contribution in [2.24, 2.45) is 0 Å². The summed E-state index contributed by atoms with van der Waals surface area (Å²) in [4.78, 5) is 46.8. The number of amides is 3. The molecule has 2 aliphatic heterocycles. The minimum absolute atomic E-state index is 0.0579. The van der Waals surface area contributed by atoms with Crippen LogP contribution in [0.1, 0.15) is 37.8 Å². The second-order valence-electron chi connectivity index (χ2n) is 8.65. The molecule has 8 heteroatoms. The monoisotopic (exact) mass is 439 g/mol. The Morgan fingerprint density at radius 2 is 1.94 bits per heavy atom. The fraction of sp³-hybridized carbons (Fsp3) is 0.417. The van der Waals surface area contributed by atoms with Gasteiger partial charge in [0.2, 0.25) is 17.7 Å². The first-order chi connectivity index (χ1) is 15.3. The largest absolute Gasteiger partial charge is 0.372 e. The summed E-state index contributed by atoms with van der Waals surface area (Å²) < 4.78 is 19.8. The van der Waals surface area contributed by atoms with E-state index in [2.05, 4.69) is 4.98 Å². The Labute approximate surface area is 186 Å². The molecule has 32 heavy (non-hydrogen) atoms. The maximum Gasteiger partial charge on any atom is 0.241 e. The summed E-state index contributed by atoms with van der Waals surface area (Å²) in [5, 5.41) is 0. The van der Waals surface area contributed by atoms with Crippen molar-refractivity contribution in [1.82, 2.24) is 14.8 Å². The third-order valence-corrected chi connectivity index (χ3v) is 6.07. The highest BCUT2D eigenvalue weighted by molar-refractivity contribution is 6.10. The number of pyridine rings is 1. The van der Waals surface area contributed by atoms with Gasteiger partial charge >= 0.3 is 0 Å². The Balaban J connectivity index is 1.67. The summed E-state index contributed by atoms with van der Waals surface area (Å²) in [6.45, 7) is 4.65. The lowest BCUT2D eigenvalue weighted by molar-refractivity contribution is -0.148. The number of carbonyl (C=O) groups excluding carboxylic acids is 3. The van der Waals surface area contributed by atoms with E-state index in [0.717, 1.165) is 4.90 Å². The SMILES string of the molecule is C[C@@H]1CN(C(=O)C[C@@]2(c3cccc(F)c3)CC(=O)N(Cc3cccnc3)C2=O)C[C@H](C)O1. The first kappa shape index (κ1) is 22.1. The predicted octanol–water partition coefficient (Wildman–Crippen LogP) is 2.44.